The van der Waals surface area contributed by atoms with E-state index in [1.54, 1.807) is 19.1 Å². The molecular formula is C14H11ClF3NO2S. The number of nitrogens with one attached hydrogen (secondary N) is 1. The molecule has 22 heavy (non-hydrogen) atoms. The molecule has 0 atom stereocenters. The Hall–Kier alpha value is -1.73. The highest BCUT2D eigenvalue weighted by atomic mass is 35.5. The van der Waals surface area contributed by atoms with E-state index in [-0.39, 0.29) is 10.6 Å². The standard InChI is InChI=1S/C14H11ClF3NO2S/c1-9-2-5-11(15)8-13(9)19-22(20,21)12-6-3-10(4-7-12)14(16,17)18/h2-8,19H,1H3. The van der Waals surface area contributed by atoms with Crippen molar-refractivity contribution >= 4 is 27.3 Å². The van der Waals surface area contributed by atoms with Crippen LogP contribution in [0.4, 0.5) is 18.9 Å². The van der Waals surface area contributed by atoms with Gasteiger partial charge >= 0.3 is 6.18 Å². The Labute approximate surface area is 130 Å². The first-order chi connectivity index (χ1) is 10.1. The number of anilines is 1. The number of rotatable bonds is 3. The number of benzene rings is 2. The van der Waals surface area contributed by atoms with E-state index >= 15 is 0 Å². The predicted octanol–water partition coefficient (Wildman–Crippen LogP) is 4.47. The number of hydrogen-bond donors (Lipinski definition) is 1. The van der Waals surface area contributed by atoms with Crippen LogP contribution in [-0.4, -0.2) is 8.42 Å². The first-order valence-electron chi connectivity index (χ1n) is 6.06. The van der Waals surface area contributed by atoms with Crippen LogP contribution in [0.25, 0.3) is 0 Å². The minimum atomic E-state index is -4.51. The Morgan fingerprint density at radius 1 is 1.05 bits per heavy atom. The number of aryl methyl sites for hydroxylation is 1. The molecule has 0 radical (unpaired) electrons. The van der Waals surface area contributed by atoms with E-state index in [1.807, 2.05) is 0 Å². The van der Waals surface area contributed by atoms with Gasteiger partial charge in [0.15, 0.2) is 0 Å². The van der Waals surface area contributed by atoms with Gasteiger partial charge in [-0.2, -0.15) is 13.2 Å². The Balaban J connectivity index is 2.33. The molecule has 0 amide bonds. The first-order valence-corrected chi connectivity index (χ1v) is 7.92. The van der Waals surface area contributed by atoms with E-state index in [0.29, 0.717) is 10.6 Å². The molecule has 0 aromatic heterocycles. The fourth-order valence-corrected chi connectivity index (χ4v) is 3.02. The first kappa shape index (κ1) is 16.6. The molecule has 3 nitrogen and oxygen atoms in total. The number of sulfonamides is 1. The summed E-state index contributed by atoms with van der Waals surface area (Å²) in [5.41, 5.74) is -0.00216. The van der Waals surface area contributed by atoms with Gasteiger partial charge in [-0.25, -0.2) is 8.42 Å². The van der Waals surface area contributed by atoms with Crippen molar-refractivity contribution < 1.29 is 21.6 Å². The van der Waals surface area contributed by atoms with E-state index in [0.717, 1.165) is 24.3 Å². The van der Waals surface area contributed by atoms with Gasteiger partial charge in [0, 0.05) is 5.02 Å². The molecule has 0 aliphatic heterocycles. The van der Waals surface area contributed by atoms with Gasteiger partial charge in [-0.3, -0.25) is 4.72 Å². The molecule has 0 bridgehead atoms. The van der Waals surface area contributed by atoms with Crippen LogP contribution in [0.2, 0.25) is 5.02 Å². The van der Waals surface area contributed by atoms with E-state index in [4.69, 9.17) is 11.6 Å². The summed E-state index contributed by atoms with van der Waals surface area (Å²) in [6.45, 7) is 1.68. The predicted molar refractivity (Wildman–Crippen MR) is 78.4 cm³/mol. The van der Waals surface area contributed by atoms with Crippen molar-refractivity contribution in [3.63, 3.8) is 0 Å². The fraction of sp³-hybridized carbons (Fsp3) is 0.143. The molecule has 2 aromatic rings. The van der Waals surface area contributed by atoms with Gasteiger partial charge < -0.3 is 0 Å². The topological polar surface area (TPSA) is 46.2 Å². The zero-order valence-electron chi connectivity index (χ0n) is 11.3. The minimum absolute atomic E-state index is 0.264. The normalized spacial score (nSPS) is 12.2. The Morgan fingerprint density at radius 2 is 1.64 bits per heavy atom. The number of halogens is 4. The summed E-state index contributed by atoms with van der Waals surface area (Å²) in [6, 6.07) is 7.92. The van der Waals surface area contributed by atoms with Crippen LogP contribution < -0.4 is 4.72 Å². The van der Waals surface area contributed by atoms with Crippen molar-refractivity contribution in [2.45, 2.75) is 18.0 Å². The SMILES string of the molecule is Cc1ccc(Cl)cc1NS(=O)(=O)c1ccc(C(F)(F)F)cc1. The second kappa shape index (κ2) is 5.81. The van der Waals surface area contributed by atoms with E-state index in [1.165, 1.54) is 6.07 Å². The van der Waals surface area contributed by atoms with Crippen LogP contribution in [-0.2, 0) is 16.2 Å². The lowest BCUT2D eigenvalue weighted by Gasteiger charge is -2.12. The van der Waals surface area contributed by atoms with Crippen molar-refractivity contribution in [2.24, 2.45) is 0 Å². The third-order valence-corrected chi connectivity index (χ3v) is 4.55. The van der Waals surface area contributed by atoms with Gasteiger partial charge in [-0.15, -0.1) is 0 Å². The van der Waals surface area contributed by atoms with Crippen molar-refractivity contribution in [1.82, 2.24) is 0 Å². The zero-order chi connectivity index (χ0) is 16.5. The highest BCUT2D eigenvalue weighted by Gasteiger charge is 2.30. The van der Waals surface area contributed by atoms with Crippen LogP contribution in [0, 0.1) is 6.92 Å². The lowest BCUT2D eigenvalue weighted by atomic mass is 10.2. The highest BCUT2D eigenvalue weighted by Crippen LogP contribution is 2.30. The third-order valence-electron chi connectivity index (χ3n) is 2.94. The zero-order valence-corrected chi connectivity index (χ0v) is 12.9. The fourth-order valence-electron chi connectivity index (χ4n) is 1.73. The van der Waals surface area contributed by atoms with Crippen molar-refractivity contribution in [3.05, 3.63) is 58.6 Å². The van der Waals surface area contributed by atoms with Crippen LogP contribution in [0.3, 0.4) is 0 Å². The highest BCUT2D eigenvalue weighted by molar-refractivity contribution is 7.92. The van der Waals surface area contributed by atoms with Crippen molar-refractivity contribution in [2.75, 3.05) is 4.72 Å². The smallest absolute Gasteiger partial charge is 0.279 e. The summed E-state index contributed by atoms with van der Waals surface area (Å²) in [5, 5.41) is 0.343. The number of alkyl halides is 3. The second-order valence-corrected chi connectivity index (χ2v) is 6.71. The second-order valence-electron chi connectivity index (χ2n) is 4.59. The average molecular weight is 350 g/mol. The molecule has 0 spiro atoms. The van der Waals surface area contributed by atoms with Gasteiger partial charge in [0.1, 0.15) is 0 Å². The molecule has 0 heterocycles. The van der Waals surface area contributed by atoms with Crippen LogP contribution in [0.15, 0.2) is 47.4 Å². The summed E-state index contributed by atoms with van der Waals surface area (Å²) in [4.78, 5) is -0.264. The molecule has 0 saturated heterocycles. The molecule has 2 rings (SSSR count). The van der Waals surface area contributed by atoms with E-state index in [2.05, 4.69) is 4.72 Å². The van der Waals surface area contributed by atoms with Gasteiger partial charge in [0.2, 0.25) is 0 Å². The largest absolute Gasteiger partial charge is 0.416 e. The molecule has 0 saturated carbocycles. The minimum Gasteiger partial charge on any atom is -0.279 e. The van der Waals surface area contributed by atoms with E-state index < -0.39 is 21.8 Å². The Bertz CT molecular complexity index is 787. The number of hydrogen-bond acceptors (Lipinski definition) is 2. The van der Waals surface area contributed by atoms with Gasteiger partial charge in [0.05, 0.1) is 16.1 Å². The maximum absolute atomic E-state index is 12.5. The molecule has 0 aliphatic rings. The molecule has 1 N–H and O–H groups in total. The lowest BCUT2D eigenvalue weighted by molar-refractivity contribution is -0.137. The van der Waals surface area contributed by atoms with Crippen LogP contribution in [0.1, 0.15) is 11.1 Å². The summed E-state index contributed by atoms with van der Waals surface area (Å²) < 4.78 is 64.1. The van der Waals surface area contributed by atoms with E-state index in [9.17, 15) is 21.6 Å². The van der Waals surface area contributed by atoms with Gasteiger partial charge in [0.25, 0.3) is 10.0 Å². The molecule has 118 valence electrons. The maximum atomic E-state index is 12.5. The van der Waals surface area contributed by atoms with Crippen molar-refractivity contribution in [1.29, 1.82) is 0 Å². The average Bonchev–Trinajstić information content (AvgIpc) is 2.42. The summed E-state index contributed by atoms with van der Waals surface area (Å²) in [5.74, 6) is 0. The molecule has 0 unspecified atom stereocenters. The van der Waals surface area contributed by atoms with Gasteiger partial charge in [-0.1, -0.05) is 17.7 Å². The summed E-state index contributed by atoms with van der Waals surface area (Å²) >= 11 is 5.80. The van der Waals surface area contributed by atoms with Crippen LogP contribution >= 0.6 is 11.6 Å². The lowest BCUT2D eigenvalue weighted by Crippen LogP contribution is -2.14. The molecule has 0 fully saturated rings. The molecule has 8 heteroatoms. The summed E-state index contributed by atoms with van der Waals surface area (Å²) in [7, 11) is -3.99. The molecule has 2 aromatic carbocycles. The quantitative estimate of drug-likeness (QED) is 0.888. The Kier molecular flexibility index (Phi) is 4.39. The molecule has 0 aliphatic carbocycles. The summed E-state index contributed by atoms with van der Waals surface area (Å²) in [6.07, 6.45) is -4.51. The monoisotopic (exact) mass is 349 g/mol. The maximum Gasteiger partial charge on any atom is 0.416 e. The van der Waals surface area contributed by atoms with Crippen molar-refractivity contribution in [3.8, 4) is 0 Å². The Morgan fingerprint density at radius 3 is 2.18 bits per heavy atom. The molecular weight excluding hydrogens is 339 g/mol. The van der Waals surface area contributed by atoms with Crippen LogP contribution in [0.5, 0.6) is 0 Å². The van der Waals surface area contributed by atoms with Gasteiger partial charge in [-0.05, 0) is 48.9 Å². The third kappa shape index (κ3) is 3.72.